The number of benzene rings is 1. The fraction of sp³-hybridized carbons (Fsp3) is 0.0769. The van der Waals surface area contributed by atoms with Crippen LogP contribution in [0.5, 0.6) is 5.88 Å². The monoisotopic (exact) mass is 247 g/mol. The molecule has 1 aromatic heterocycles. The van der Waals surface area contributed by atoms with E-state index < -0.39 is 11.8 Å². The maximum absolute atomic E-state index is 13.5. The van der Waals surface area contributed by atoms with E-state index in [2.05, 4.69) is 4.98 Å². The van der Waals surface area contributed by atoms with E-state index >= 15 is 0 Å². The van der Waals surface area contributed by atoms with Crippen molar-refractivity contribution in [3.8, 4) is 17.0 Å². The Morgan fingerprint density at radius 1 is 1.28 bits per heavy atom. The number of pyridine rings is 1. The standard InChI is InChI=1S/C13H10FNO3/c1-18-12-5-3-9(7-15-12)8-2-4-10(13(16)17)11(14)6-8/h2-7H,1H3,(H,16,17). The molecule has 1 heterocycles. The summed E-state index contributed by atoms with van der Waals surface area (Å²) >= 11 is 0. The van der Waals surface area contributed by atoms with Gasteiger partial charge in [-0.2, -0.15) is 0 Å². The molecule has 0 saturated heterocycles. The van der Waals surface area contributed by atoms with Gasteiger partial charge in [0.05, 0.1) is 12.7 Å². The predicted molar refractivity (Wildman–Crippen MR) is 63.1 cm³/mol. The highest BCUT2D eigenvalue weighted by Gasteiger charge is 2.11. The minimum atomic E-state index is -1.29. The average molecular weight is 247 g/mol. The van der Waals surface area contributed by atoms with Gasteiger partial charge in [0, 0.05) is 17.8 Å². The van der Waals surface area contributed by atoms with Crippen molar-refractivity contribution in [2.75, 3.05) is 7.11 Å². The topological polar surface area (TPSA) is 59.4 Å². The molecule has 0 fully saturated rings. The zero-order valence-corrected chi connectivity index (χ0v) is 9.55. The van der Waals surface area contributed by atoms with Gasteiger partial charge in [-0.25, -0.2) is 14.2 Å². The maximum Gasteiger partial charge on any atom is 0.338 e. The molecular weight excluding hydrogens is 237 g/mol. The fourth-order valence-corrected chi connectivity index (χ4v) is 1.54. The minimum Gasteiger partial charge on any atom is -0.481 e. The Kier molecular flexibility index (Phi) is 3.23. The molecule has 0 aliphatic rings. The molecule has 1 N–H and O–H groups in total. The Bertz CT molecular complexity index is 581. The molecular formula is C13H10FNO3. The third kappa shape index (κ3) is 2.29. The molecule has 1 aromatic carbocycles. The van der Waals surface area contributed by atoms with Gasteiger partial charge in [-0.1, -0.05) is 6.07 Å². The first-order chi connectivity index (χ1) is 8.61. The first-order valence-electron chi connectivity index (χ1n) is 5.15. The molecule has 0 bridgehead atoms. The summed E-state index contributed by atoms with van der Waals surface area (Å²) in [4.78, 5) is 14.7. The van der Waals surface area contributed by atoms with Crippen LogP contribution in [0.2, 0.25) is 0 Å². The molecule has 0 saturated carbocycles. The van der Waals surface area contributed by atoms with Crippen molar-refractivity contribution in [2.45, 2.75) is 0 Å². The van der Waals surface area contributed by atoms with Crippen LogP contribution < -0.4 is 4.74 Å². The van der Waals surface area contributed by atoms with Crippen LogP contribution in [0.25, 0.3) is 11.1 Å². The maximum atomic E-state index is 13.5. The minimum absolute atomic E-state index is 0.347. The van der Waals surface area contributed by atoms with Gasteiger partial charge in [0.2, 0.25) is 5.88 Å². The van der Waals surface area contributed by atoms with Crippen molar-refractivity contribution in [3.05, 3.63) is 47.9 Å². The van der Waals surface area contributed by atoms with E-state index in [1.807, 2.05) is 0 Å². The fourth-order valence-electron chi connectivity index (χ4n) is 1.54. The number of carboxylic acids is 1. The number of carbonyl (C=O) groups is 1. The summed E-state index contributed by atoms with van der Waals surface area (Å²) < 4.78 is 18.4. The number of carboxylic acid groups (broad SMARTS) is 1. The van der Waals surface area contributed by atoms with Crippen LogP contribution in [0.3, 0.4) is 0 Å². The van der Waals surface area contributed by atoms with E-state index in [0.717, 1.165) is 0 Å². The zero-order chi connectivity index (χ0) is 13.1. The van der Waals surface area contributed by atoms with Crippen LogP contribution in [-0.2, 0) is 0 Å². The summed E-state index contributed by atoms with van der Waals surface area (Å²) in [5.41, 5.74) is 0.902. The molecule has 0 aliphatic heterocycles. The van der Waals surface area contributed by atoms with Crippen LogP contribution in [-0.4, -0.2) is 23.2 Å². The predicted octanol–water partition coefficient (Wildman–Crippen LogP) is 2.59. The molecule has 0 amide bonds. The summed E-state index contributed by atoms with van der Waals surface area (Å²) in [5, 5.41) is 8.73. The second-order valence-electron chi connectivity index (χ2n) is 3.59. The first-order valence-corrected chi connectivity index (χ1v) is 5.15. The smallest absolute Gasteiger partial charge is 0.338 e. The molecule has 5 heteroatoms. The number of hydrogen-bond acceptors (Lipinski definition) is 3. The molecule has 4 nitrogen and oxygen atoms in total. The second kappa shape index (κ2) is 4.83. The highest BCUT2D eigenvalue weighted by Crippen LogP contribution is 2.22. The number of methoxy groups -OCH3 is 1. The van der Waals surface area contributed by atoms with Crippen LogP contribution in [0.15, 0.2) is 36.5 Å². The summed E-state index contributed by atoms with van der Waals surface area (Å²) in [6, 6.07) is 7.32. The number of halogens is 1. The number of nitrogens with zero attached hydrogens (tertiary/aromatic N) is 1. The summed E-state index contributed by atoms with van der Waals surface area (Å²) in [6.07, 6.45) is 1.54. The molecule has 0 spiro atoms. The zero-order valence-electron chi connectivity index (χ0n) is 9.55. The van der Waals surface area contributed by atoms with E-state index in [-0.39, 0.29) is 5.56 Å². The Balaban J connectivity index is 2.39. The summed E-state index contributed by atoms with van der Waals surface area (Å²) in [7, 11) is 1.50. The van der Waals surface area contributed by atoms with Crippen LogP contribution in [0.1, 0.15) is 10.4 Å². The van der Waals surface area contributed by atoms with E-state index in [1.54, 1.807) is 12.1 Å². The summed E-state index contributed by atoms with van der Waals surface area (Å²) in [6.45, 7) is 0. The summed E-state index contributed by atoms with van der Waals surface area (Å²) in [5.74, 6) is -1.59. The number of aromatic carboxylic acids is 1. The average Bonchev–Trinajstić information content (AvgIpc) is 2.38. The molecule has 2 rings (SSSR count). The number of hydrogen-bond donors (Lipinski definition) is 1. The van der Waals surface area contributed by atoms with Crippen LogP contribution >= 0.6 is 0 Å². The molecule has 2 aromatic rings. The molecule has 0 atom stereocenters. The SMILES string of the molecule is COc1ccc(-c2ccc(C(=O)O)c(F)c2)cn1. The Morgan fingerprint density at radius 2 is 2.00 bits per heavy atom. The highest BCUT2D eigenvalue weighted by atomic mass is 19.1. The van der Waals surface area contributed by atoms with Crippen molar-refractivity contribution in [3.63, 3.8) is 0 Å². The van der Waals surface area contributed by atoms with E-state index in [9.17, 15) is 9.18 Å². The van der Waals surface area contributed by atoms with E-state index in [1.165, 1.54) is 31.5 Å². The number of ether oxygens (including phenoxy) is 1. The molecule has 92 valence electrons. The van der Waals surface area contributed by atoms with Gasteiger partial charge in [-0.15, -0.1) is 0 Å². The van der Waals surface area contributed by atoms with Gasteiger partial charge >= 0.3 is 5.97 Å². The van der Waals surface area contributed by atoms with Crippen molar-refractivity contribution in [1.29, 1.82) is 0 Å². The highest BCUT2D eigenvalue weighted by molar-refractivity contribution is 5.88. The number of rotatable bonds is 3. The largest absolute Gasteiger partial charge is 0.481 e. The van der Waals surface area contributed by atoms with E-state index in [4.69, 9.17) is 9.84 Å². The van der Waals surface area contributed by atoms with Crippen molar-refractivity contribution >= 4 is 5.97 Å². The van der Waals surface area contributed by atoms with Crippen molar-refractivity contribution < 1.29 is 19.0 Å². The molecule has 18 heavy (non-hydrogen) atoms. The third-order valence-electron chi connectivity index (χ3n) is 2.48. The molecule has 0 unspecified atom stereocenters. The lowest BCUT2D eigenvalue weighted by molar-refractivity contribution is 0.0692. The van der Waals surface area contributed by atoms with Gasteiger partial charge < -0.3 is 9.84 Å². The Labute approximate surface area is 103 Å². The normalized spacial score (nSPS) is 10.1. The van der Waals surface area contributed by atoms with Gasteiger partial charge in [-0.3, -0.25) is 0 Å². The van der Waals surface area contributed by atoms with Crippen LogP contribution in [0, 0.1) is 5.82 Å². The van der Waals surface area contributed by atoms with E-state index in [0.29, 0.717) is 17.0 Å². The number of aromatic nitrogens is 1. The van der Waals surface area contributed by atoms with Gasteiger partial charge in [0.15, 0.2) is 0 Å². The lowest BCUT2D eigenvalue weighted by Gasteiger charge is -2.04. The van der Waals surface area contributed by atoms with Gasteiger partial charge in [0.1, 0.15) is 5.82 Å². The van der Waals surface area contributed by atoms with Gasteiger partial charge in [-0.05, 0) is 23.8 Å². The third-order valence-corrected chi connectivity index (χ3v) is 2.48. The van der Waals surface area contributed by atoms with Crippen molar-refractivity contribution in [1.82, 2.24) is 4.98 Å². The first kappa shape index (κ1) is 12.0. The lowest BCUT2D eigenvalue weighted by atomic mass is 10.1. The van der Waals surface area contributed by atoms with Crippen molar-refractivity contribution in [2.24, 2.45) is 0 Å². The molecule has 0 radical (unpaired) electrons. The quantitative estimate of drug-likeness (QED) is 0.905. The lowest BCUT2D eigenvalue weighted by Crippen LogP contribution is -2.00. The Hall–Kier alpha value is -2.43. The second-order valence-corrected chi connectivity index (χ2v) is 3.59. The van der Waals surface area contributed by atoms with Gasteiger partial charge in [0.25, 0.3) is 0 Å². The van der Waals surface area contributed by atoms with Crippen LogP contribution in [0.4, 0.5) is 4.39 Å². The molecule has 0 aliphatic carbocycles. The Morgan fingerprint density at radius 3 is 2.50 bits per heavy atom.